The number of piperazine rings is 1. The summed E-state index contributed by atoms with van der Waals surface area (Å²) in [6.07, 6.45) is 4.69. The van der Waals surface area contributed by atoms with Gasteiger partial charge in [0.05, 0.1) is 29.1 Å². The van der Waals surface area contributed by atoms with Gasteiger partial charge < -0.3 is 19.9 Å². The van der Waals surface area contributed by atoms with Crippen molar-refractivity contribution in [1.29, 1.82) is 5.26 Å². The average Bonchev–Trinajstić information content (AvgIpc) is 3.36. The van der Waals surface area contributed by atoms with Crippen molar-refractivity contribution in [3.8, 4) is 23.3 Å². The monoisotopic (exact) mass is 521 g/mol. The summed E-state index contributed by atoms with van der Waals surface area (Å²) in [7, 11) is 2.15. The van der Waals surface area contributed by atoms with Gasteiger partial charge in [-0.05, 0) is 56.6 Å². The Balaban J connectivity index is 1.47. The van der Waals surface area contributed by atoms with Gasteiger partial charge in [0, 0.05) is 49.0 Å². The van der Waals surface area contributed by atoms with E-state index in [-0.39, 0.29) is 6.04 Å². The lowest BCUT2D eigenvalue weighted by Gasteiger charge is -2.34. The number of likely N-dealkylation sites (tertiary alicyclic amines) is 1. The summed E-state index contributed by atoms with van der Waals surface area (Å²) in [6.45, 7) is 8.20. The van der Waals surface area contributed by atoms with Crippen molar-refractivity contribution >= 4 is 27.5 Å². The number of ether oxygens (including phenoxy) is 1. The quantitative estimate of drug-likeness (QED) is 0.393. The third-order valence-electron chi connectivity index (χ3n) is 8.28. The first-order chi connectivity index (χ1) is 19.0. The average molecular weight is 522 g/mol. The first-order valence-corrected chi connectivity index (χ1v) is 13.9. The molecule has 0 aliphatic carbocycles. The van der Waals surface area contributed by atoms with E-state index in [2.05, 4.69) is 78.5 Å². The van der Waals surface area contributed by atoms with Crippen LogP contribution >= 0.6 is 0 Å². The molecule has 4 aromatic rings. The van der Waals surface area contributed by atoms with Crippen LogP contribution in [0.4, 0.5) is 5.82 Å². The Morgan fingerprint density at radius 2 is 1.97 bits per heavy atom. The van der Waals surface area contributed by atoms with Crippen molar-refractivity contribution in [3.63, 3.8) is 0 Å². The second-order valence-corrected chi connectivity index (χ2v) is 10.8. The minimum absolute atomic E-state index is 0.0947. The minimum Gasteiger partial charge on any atom is -0.462 e. The lowest BCUT2D eigenvalue weighted by atomic mass is 9.95. The number of benzene rings is 2. The Morgan fingerprint density at radius 3 is 2.77 bits per heavy atom. The molecule has 2 fully saturated rings. The third kappa shape index (κ3) is 4.88. The molecular weight excluding hydrogens is 486 g/mol. The van der Waals surface area contributed by atoms with Crippen molar-refractivity contribution in [3.05, 3.63) is 53.7 Å². The highest BCUT2D eigenvalue weighted by Gasteiger charge is 2.26. The van der Waals surface area contributed by atoms with Crippen LogP contribution in [0.15, 0.2) is 42.6 Å². The zero-order chi connectivity index (χ0) is 26.9. The van der Waals surface area contributed by atoms with E-state index >= 15 is 0 Å². The lowest BCUT2D eigenvalue weighted by Crippen LogP contribution is -2.51. The van der Waals surface area contributed by atoms with Gasteiger partial charge in [-0.15, -0.1) is 0 Å². The number of rotatable bonds is 6. The number of nitrogens with zero attached hydrogens (tertiary/aromatic N) is 6. The number of nitriles is 1. The highest BCUT2D eigenvalue weighted by Crippen LogP contribution is 2.36. The van der Waals surface area contributed by atoms with Gasteiger partial charge in [0.15, 0.2) is 0 Å². The van der Waals surface area contributed by atoms with E-state index in [1.807, 2.05) is 6.20 Å². The van der Waals surface area contributed by atoms with Crippen LogP contribution in [0, 0.1) is 25.2 Å². The first kappa shape index (κ1) is 25.5. The molecular formula is C31H35N7O. The van der Waals surface area contributed by atoms with Gasteiger partial charge in [-0.25, -0.2) is 0 Å². The van der Waals surface area contributed by atoms with Crippen LogP contribution in [-0.4, -0.2) is 71.8 Å². The largest absolute Gasteiger partial charge is 0.462 e. The number of hydrogen-bond donors (Lipinski definition) is 1. The number of aromatic nitrogens is 3. The fraction of sp³-hybridized carbons (Fsp3) is 0.419. The van der Waals surface area contributed by atoms with Gasteiger partial charge in [0.25, 0.3) is 0 Å². The van der Waals surface area contributed by atoms with Crippen molar-refractivity contribution in [2.75, 3.05) is 44.7 Å². The maximum absolute atomic E-state index is 9.29. The van der Waals surface area contributed by atoms with E-state index in [4.69, 9.17) is 19.7 Å². The molecule has 200 valence electrons. The summed E-state index contributed by atoms with van der Waals surface area (Å²) in [5.41, 5.74) is 5.13. The molecule has 39 heavy (non-hydrogen) atoms. The third-order valence-corrected chi connectivity index (χ3v) is 8.28. The van der Waals surface area contributed by atoms with Crippen LogP contribution < -0.4 is 15.0 Å². The molecule has 0 amide bonds. The Morgan fingerprint density at radius 1 is 1.13 bits per heavy atom. The summed E-state index contributed by atoms with van der Waals surface area (Å²) in [6, 6.07) is 16.0. The summed E-state index contributed by atoms with van der Waals surface area (Å²) in [4.78, 5) is 19.5. The molecule has 0 bridgehead atoms. The predicted octanol–water partition coefficient (Wildman–Crippen LogP) is 4.63. The van der Waals surface area contributed by atoms with E-state index < -0.39 is 0 Å². The molecule has 2 aromatic heterocycles. The topological polar surface area (TPSA) is 90.2 Å². The van der Waals surface area contributed by atoms with Gasteiger partial charge in [0.2, 0.25) is 0 Å². The molecule has 2 atom stereocenters. The van der Waals surface area contributed by atoms with E-state index in [0.29, 0.717) is 31.6 Å². The minimum atomic E-state index is 0.0947. The Labute approximate surface area is 229 Å². The molecule has 2 aliphatic rings. The zero-order valence-electron chi connectivity index (χ0n) is 22.9. The fourth-order valence-electron chi connectivity index (χ4n) is 6.11. The number of fused-ring (bicyclic) bond motifs is 2. The van der Waals surface area contributed by atoms with E-state index in [1.54, 1.807) is 0 Å². The van der Waals surface area contributed by atoms with E-state index in [9.17, 15) is 5.26 Å². The van der Waals surface area contributed by atoms with Crippen LogP contribution in [0.5, 0.6) is 6.01 Å². The molecule has 2 aromatic carbocycles. The lowest BCUT2D eigenvalue weighted by molar-refractivity contribution is 0.188. The number of anilines is 1. The molecule has 1 N–H and O–H groups in total. The highest BCUT2D eigenvalue weighted by atomic mass is 16.5. The molecule has 8 heteroatoms. The fourth-order valence-corrected chi connectivity index (χ4v) is 6.11. The van der Waals surface area contributed by atoms with Crippen LogP contribution in [-0.2, 0) is 0 Å². The number of nitrogens with one attached hydrogen (secondary N) is 1. The summed E-state index contributed by atoms with van der Waals surface area (Å²) >= 11 is 0. The number of pyridine rings is 1. The zero-order valence-corrected chi connectivity index (χ0v) is 22.9. The van der Waals surface area contributed by atoms with Gasteiger partial charge in [-0.2, -0.15) is 15.2 Å². The summed E-state index contributed by atoms with van der Waals surface area (Å²) in [5.74, 6) is 0.829. The van der Waals surface area contributed by atoms with Gasteiger partial charge >= 0.3 is 6.01 Å². The van der Waals surface area contributed by atoms with Crippen LogP contribution in [0.3, 0.4) is 0 Å². The maximum atomic E-state index is 9.29. The number of hydrogen-bond acceptors (Lipinski definition) is 8. The predicted molar refractivity (Wildman–Crippen MR) is 155 cm³/mol. The Bertz CT molecular complexity index is 1560. The van der Waals surface area contributed by atoms with Gasteiger partial charge in [0.1, 0.15) is 12.4 Å². The smallest absolute Gasteiger partial charge is 0.319 e. The second kappa shape index (κ2) is 10.8. The second-order valence-electron chi connectivity index (χ2n) is 10.8. The van der Waals surface area contributed by atoms with Gasteiger partial charge in [-0.3, -0.25) is 4.98 Å². The van der Waals surface area contributed by atoms with Crippen LogP contribution in [0.25, 0.3) is 32.9 Å². The van der Waals surface area contributed by atoms with Crippen molar-refractivity contribution in [2.24, 2.45) is 0 Å². The number of aryl methyl sites for hydroxylation is 2. The molecule has 2 saturated heterocycles. The van der Waals surface area contributed by atoms with E-state index in [1.165, 1.54) is 22.8 Å². The van der Waals surface area contributed by atoms with Crippen LogP contribution in [0.1, 0.15) is 30.4 Å². The summed E-state index contributed by atoms with van der Waals surface area (Å²) in [5, 5.41) is 16.1. The molecule has 6 rings (SSSR count). The van der Waals surface area contributed by atoms with Crippen LogP contribution in [0.2, 0.25) is 0 Å². The Kier molecular flexibility index (Phi) is 7.03. The number of likely N-dealkylation sites (N-methyl/N-ethyl adjacent to an activating group) is 1. The highest BCUT2D eigenvalue weighted by molar-refractivity contribution is 6.01. The van der Waals surface area contributed by atoms with E-state index in [0.717, 1.165) is 59.6 Å². The van der Waals surface area contributed by atoms with Crippen molar-refractivity contribution in [1.82, 2.24) is 25.2 Å². The van der Waals surface area contributed by atoms with Crippen molar-refractivity contribution < 1.29 is 4.74 Å². The van der Waals surface area contributed by atoms with Crippen molar-refractivity contribution in [2.45, 2.75) is 45.2 Å². The molecule has 8 nitrogen and oxygen atoms in total. The molecule has 0 saturated carbocycles. The molecule has 2 aliphatic heterocycles. The summed E-state index contributed by atoms with van der Waals surface area (Å²) < 4.78 is 6.29. The Hall–Kier alpha value is -3.80. The SMILES string of the molecule is Cc1c(-c2cccc3cccc(C)c23)ncc2c(N3CCN[C@@H](CC#N)C3)nc(OC[C@@H]3CCCN3C)nc12. The van der Waals surface area contributed by atoms with Gasteiger partial charge in [-0.1, -0.05) is 36.4 Å². The molecule has 0 unspecified atom stereocenters. The normalized spacial score (nSPS) is 20.0. The standard InChI is InChI=1S/C31H35N7O/c1-20-7-4-8-22-9-5-11-25(27(20)22)28-21(2)29-26(17-34-28)30(38-16-14-33-23(18-38)12-13-32)36-31(35-29)39-19-24-10-6-15-37(24)3/h4-5,7-9,11,17,23-24,33H,6,10,12,14-16,18-19H2,1-3H3/t23-,24-/m0/s1. The molecule has 4 heterocycles. The molecule has 0 spiro atoms. The maximum Gasteiger partial charge on any atom is 0.319 e. The first-order valence-electron chi connectivity index (χ1n) is 13.9. The molecule has 0 radical (unpaired) electrons.